The van der Waals surface area contributed by atoms with Crippen molar-refractivity contribution in [2.75, 3.05) is 6.26 Å². The Bertz CT molecular complexity index is 800. The normalized spacial score (nSPS) is 11.1. The van der Waals surface area contributed by atoms with Gasteiger partial charge < -0.3 is 9.84 Å². The van der Waals surface area contributed by atoms with Gasteiger partial charge in [-0.1, -0.05) is 6.07 Å². The van der Waals surface area contributed by atoms with Gasteiger partial charge in [0.15, 0.2) is 9.84 Å². The van der Waals surface area contributed by atoms with Gasteiger partial charge in [0.05, 0.1) is 9.82 Å². The van der Waals surface area contributed by atoms with E-state index < -0.39 is 20.4 Å². The predicted molar refractivity (Wildman–Crippen MR) is 74.4 cm³/mol. The number of nitrogens with zero attached hydrogens (tertiary/aromatic N) is 1. The van der Waals surface area contributed by atoms with Crippen LogP contribution in [0, 0.1) is 10.1 Å². The van der Waals surface area contributed by atoms with Crippen molar-refractivity contribution >= 4 is 15.5 Å². The number of benzene rings is 2. The van der Waals surface area contributed by atoms with E-state index in [-0.39, 0.29) is 22.1 Å². The molecule has 0 fully saturated rings. The van der Waals surface area contributed by atoms with E-state index in [2.05, 4.69) is 0 Å². The fourth-order valence-corrected chi connectivity index (χ4v) is 2.27. The van der Waals surface area contributed by atoms with Gasteiger partial charge in [0.2, 0.25) is 5.75 Å². The van der Waals surface area contributed by atoms with Crippen molar-refractivity contribution < 1.29 is 23.2 Å². The minimum absolute atomic E-state index is 0.0529. The Morgan fingerprint density at radius 2 is 1.90 bits per heavy atom. The number of ether oxygens (including phenoxy) is 1. The van der Waals surface area contributed by atoms with Crippen LogP contribution in [0.15, 0.2) is 47.4 Å². The Labute approximate surface area is 120 Å². The highest BCUT2D eigenvalue weighted by Crippen LogP contribution is 2.34. The molecule has 0 radical (unpaired) electrons. The summed E-state index contributed by atoms with van der Waals surface area (Å²) in [6.45, 7) is 0. The Kier molecular flexibility index (Phi) is 3.81. The minimum Gasteiger partial charge on any atom is -0.508 e. The van der Waals surface area contributed by atoms with Crippen molar-refractivity contribution in [3.8, 4) is 17.2 Å². The Morgan fingerprint density at radius 3 is 2.48 bits per heavy atom. The first kappa shape index (κ1) is 14.8. The molecule has 0 heterocycles. The standard InChI is InChI=1S/C13H11NO6S/c1-21(18,19)11-5-6-13(12(8-11)14(16)17)20-10-4-2-3-9(15)7-10/h2-8,15H,1H3. The molecule has 2 rings (SSSR count). The third kappa shape index (κ3) is 3.48. The van der Waals surface area contributed by atoms with Crippen molar-refractivity contribution in [1.82, 2.24) is 0 Å². The molecule has 0 saturated heterocycles. The van der Waals surface area contributed by atoms with Crippen molar-refractivity contribution in [2.24, 2.45) is 0 Å². The number of hydrogen-bond acceptors (Lipinski definition) is 6. The summed E-state index contributed by atoms with van der Waals surface area (Å²) in [5.41, 5.74) is -0.471. The van der Waals surface area contributed by atoms with E-state index in [1.807, 2.05) is 0 Å². The molecule has 1 N–H and O–H groups in total. The van der Waals surface area contributed by atoms with Crippen LogP contribution in [0.25, 0.3) is 0 Å². The van der Waals surface area contributed by atoms with Gasteiger partial charge in [0, 0.05) is 18.4 Å². The smallest absolute Gasteiger partial charge is 0.312 e. The fraction of sp³-hybridized carbons (Fsp3) is 0.0769. The molecule has 8 heteroatoms. The lowest BCUT2D eigenvalue weighted by Gasteiger charge is -2.07. The van der Waals surface area contributed by atoms with Crippen LogP contribution in [-0.2, 0) is 9.84 Å². The lowest BCUT2D eigenvalue weighted by Crippen LogP contribution is -2.00. The number of sulfone groups is 1. The summed E-state index contributed by atoms with van der Waals surface area (Å²) in [5, 5.41) is 20.4. The Hall–Kier alpha value is -2.61. The van der Waals surface area contributed by atoms with E-state index in [0.717, 1.165) is 12.3 Å². The monoisotopic (exact) mass is 309 g/mol. The van der Waals surface area contributed by atoms with Gasteiger partial charge in [-0.2, -0.15) is 0 Å². The first-order chi connectivity index (χ1) is 9.77. The molecule has 110 valence electrons. The molecule has 0 aliphatic rings. The first-order valence-electron chi connectivity index (χ1n) is 5.73. The summed E-state index contributed by atoms with van der Waals surface area (Å²) in [6.07, 6.45) is 0.960. The molecule has 0 atom stereocenters. The number of aromatic hydroxyl groups is 1. The molecule has 21 heavy (non-hydrogen) atoms. The second-order valence-electron chi connectivity index (χ2n) is 4.26. The molecule has 0 unspecified atom stereocenters. The maximum atomic E-state index is 11.4. The maximum absolute atomic E-state index is 11.4. The molecular formula is C13H11NO6S. The van der Waals surface area contributed by atoms with Crippen LogP contribution in [0.3, 0.4) is 0 Å². The topological polar surface area (TPSA) is 107 Å². The van der Waals surface area contributed by atoms with Gasteiger partial charge in [0.25, 0.3) is 0 Å². The third-order valence-electron chi connectivity index (χ3n) is 2.60. The van der Waals surface area contributed by atoms with E-state index in [1.165, 1.54) is 36.4 Å². The number of rotatable bonds is 4. The van der Waals surface area contributed by atoms with E-state index in [1.54, 1.807) is 0 Å². The van der Waals surface area contributed by atoms with E-state index in [9.17, 15) is 23.6 Å². The zero-order chi connectivity index (χ0) is 15.6. The van der Waals surface area contributed by atoms with Crippen molar-refractivity contribution in [1.29, 1.82) is 0 Å². The summed E-state index contributed by atoms with van der Waals surface area (Å²) in [4.78, 5) is 10.1. The minimum atomic E-state index is -3.56. The van der Waals surface area contributed by atoms with Crippen LogP contribution < -0.4 is 4.74 Å². The van der Waals surface area contributed by atoms with Gasteiger partial charge in [-0.05, 0) is 24.3 Å². The van der Waals surface area contributed by atoms with Crippen LogP contribution in [0.5, 0.6) is 17.2 Å². The highest BCUT2D eigenvalue weighted by molar-refractivity contribution is 7.90. The quantitative estimate of drug-likeness (QED) is 0.687. The zero-order valence-corrected chi connectivity index (χ0v) is 11.7. The molecular weight excluding hydrogens is 298 g/mol. The van der Waals surface area contributed by atoms with Crippen molar-refractivity contribution in [2.45, 2.75) is 4.90 Å². The fourth-order valence-electron chi connectivity index (χ4n) is 1.63. The molecule has 0 bridgehead atoms. The first-order valence-corrected chi connectivity index (χ1v) is 7.62. The number of phenolic OH excluding ortho intramolecular Hbond substituents is 1. The molecule has 0 saturated carbocycles. The summed E-state index contributed by atoms with van der Waals surface area (Å²) in [5.74, 6) is 0.0334. The number of nitro benzene ring substituents is 1. The van der Waals surface area contributed by atoms with Crippen molar-refractivity contribution in [3.05, 3.63) is 52.6 Å². The SMILES string of the molecule is CS(=O)(=O)c1ccc(Oc2cccc(O)c2)c([N+](=O)[O-])c1. The highest BCUT2D eigenvalue weighted by atomic mass is 32.2. The second kappa shape index (κ2) is 5.41. The lowest BCUT2D eigenvalue weighted by atomic mass is 10.3. The molecule has 0 aliphatic heterocycles. The second-order valence-corrected chi connectivity index (χ2v) is 6.27. The number of nitro groups is 1. The molecule has 0 spiro atoms. The van der Waals surface area contributed by atoms with Gasteiger partial charge >= 0.3 is 5.69 Å². The average Bonchev–Trinajstić information content (AvgIpc) is 2.37. The largest absolute Gasteiger partial charge is 0.508 e. The summed E-state index contributed by atoms with van der Waals surface area (Å²) < 4.78 is 28.2. The van der Waals surface area contributed by atoms with E-state index in [0.29, 0.717) is 0 Å². The van der Waals surface area contributed by atoms with Crippen LogP contribution in [-0.4, -0.2) is 24.7 Å². The Balaban J connectivity index is 2.47. The molecule has 0 amide bonds. The van der Waals surface area contributed by atoms with Gasteiger partial charge in [-0.15, -0.1) is 0 Å². The molecule has 2 aromatic carbocycles. The summed E-state index contributed by atoms with van der Waals surface area (Å²) in [6, 6.07) is 9.10. The van der Waals surface area contributed by atoms with Gasteiger partial charge in [-0.3, -0.25) is 10.1 Å². The maximum Gasteiger partial charge on any atom is 0.312 e. The van der Waals surface area contributed by atoms with Crippen LogP contribution in [0.1, 0.15) is 0 Å². The summed E-state index contributed by atoms with van der Waals surface area (Å²) >= 11 is 0. The summed E-state index contributed by atoms with van der Waals surface area (Å²) in [7, 11) is -3.56. The van der Waals surface area contributed by atoms with E-state index in [4.69, 9.17) is 4.74 Å². The molecule has 0 aliphatic carbocycles. The third-order valence-corrected chi connectivity index (χ3v) is 3.71. The van der Waals surface area contributed by atoms with E-state index >= 15 is 0 Å². The van der Waals surface area contributed by atoms with Crippen molar-refractivity contribution in [3.63, 3.8) is 0 Å². The van der Waals surface area contributed by atoms with Gasteiger partial charge in [-0.25, -0.2) is 8.42 Å². The predicted octanol–water partition coefficient (Wildman–Crippen LogP) is 2.50. The average molecular weight is 309 g/mol. The van der Waals surface area contributed by atoms with Gasteiger partial charge in [0.1, 0.15) is 11.5 Å². The Morgan fingerprint density at radius 1 is 1.19 bits per heavy atom. The van der Waals surface area contributed by atoms with Crippen LogP contribution in [0.2, 0.25) is 0 Å². The molecule has 2 aromatic rings. The number of phenols is 1. The molecule has 0 aromatic heterocycles. The van der Waals surface area contributed by atoms with Crippen LogP contribution in [0.4, 0.5) is 5.69 Å². The zero-order valence-electron chi connectivity index (χ0n) is 10.9. The molecule has 7 nitrogen and oxygen atoms in total. The number of hydrogen-bond donors (Lipinski definition) is 1. The van der Waals surface area contributed by atoms with Crippen LogP contribution >= 0.6 is 0 Å². The lowest BCUT2D eigenvalue weighted by molar-refractivity contribution is -0.385. The highest BCUT2D eigenvalue weighted by Gasteiger charge is 2.20.